The summed E-state index contributed by atoms with van der Waals surface area (Å²) >= 11 is 1.70. The van der Waals surface area contributed by atoms with Gasteiger partial charge in [-0.1, -0.05) is 6.92 Å². The summed E-state index contributed by atoms with van der Waals surface area (Å²) in [7, 11) is 0. The normalized spacial score (nSPS) is 11.9. The molecule has 0 fully saturated rings. The molecule has 0 aliphatic carbocycles. The van der Waals surface area contributed by atoms with Crippen LogP contribution < -0.4 is 0 Å². The number of hydrogen-bond donors (Lipinski definition) is 1. The van der Waals surface area contributed by atoms with E-state index in [2.05, 4.69) is 24.8 Å². The zero-order chi connectivity index (χ0) is 10.4. The molecular weight excluding hydrogens is 192 g/mol. The van der Waals surface area contributed by atoms with Crippen LogP contribution in [0.5, 0.6) is 0 Å². The lowest BCUT2D eigenvalue weighted by atomic mass is 10.2. The van der Waals surface area contributed by atoms with Gasteiger partial charge in [0, 0.05) is 16.2 Å². The third kappa shape index (κ3) is 3.17. The topological polar surface area (TPSA) is 20.2 Å². The molecule has 0 saturated heterocycles. The van der Waals surface area contributed by atoms with Crippen LogP contribution in [0.25, 0.3) is 0 Å². The van der Waals surface area contributed by atoms with Gasteiger partial charge < -0.3 is 5.11 Å². The number of rotatable bonds is 4. The zero-order valence-corrected chi connectivity index (χ0v) is 9.53. The number of aliphatic hydroxyl groups excluding tert-OH is 1. The molecule has 0 aromatic carbocycles. The van der Waals surface area contributed by atoms with E-state index >= 15 is 0 Å². The van der Waals surface area contributed by atoms with Crippen molar-refractivity contribution in [2.45, 2.75) is 39.2 Å². The third-order valence-electron chi connectivity index (χ3n) is 2.08. The predicted molar refractivity (Wildman–Crippen MR) is 61.3 cm³/mol. The Balaban J connectivity index is 2.49. The highest BCUT2D eigenvalue weighted by Gasteiger charge is 2.08. The van der Waals surface area contributed by atoms with Gasteiger partial charge in [0.1, 0.15) is 0 Å². The van der Waals surface area contributed by atoms with E-state index in [4.69, 9.17) is 0 Å². The lowest BCUT2D eigenvalue weighted by Crippen LogP contribution is -1.92. The average Bonchev–Trinajstić information content (AvgIpc) is 2.66. The van der Waals surface area contributed by atoms with Crippen molar-refractivity contribution in [2.24, 2.45) is 0 Å². The molecule has 0 bridgehead atoms. The van der Waals surface area contributed by atoms with E-state index in [0.29, 0.717) is 0 Å². The van der Waals surface area contributed by atoms with Crippen molar-refractivity contribution in [2.75, 3.05) is 0 Å². The van der Waals surface area contributed by atoms with E-state index in [9.17, 15) is 5.11 Å². The molecule has 1 aromatic rings. The summed E-state index contributed by atoms with van der Waals surface area (Å²) in [4.78, 5) is 2.40. The Hall–Kier alpha value is -0.780. The molecule has 1 rings (SSSR count). The molecule has 0 radical (unpaired) electrons. The molecule has 14 heavy (non-hydrogen) atoms. The second kappa shape index (κ2) is 5.85. The largest absolute Gasteiger partial charge is 0.388 e. The molecule has 1 unspecified atom stereocenters. The van der Waals surface area contributed by atoms with E-state index in [-0.39, 0.29) is 6.10 Å². The lowest BCUT2D eigenvalue weighted by Gasteiger charge is -2.04. The first-order chi connectivity index (χ1) is 6.77. The van der Waals surface area contributed by atoms with Crippen molar-refractivity contribution < 1.29 is 5.11 Å². The molecule has 1 aromatic heterocycles. The van der Waals surface area contributed by atoms with Crippen LogP contribution in [-0.4, -0.2) is 5.11 Å². The van der Waals surface area contributed by atoms with Gasteiger partial charge in [0.25, 0.3) is 0 Å². The number of aliphatic hydroxyl groups is 1. The lowest BCUT2D eigenvalue weighted by molar-refractivity contribution is 0.173. The van der Waals surface area contributed by atoms with E-state index in [1.165, 1.54) is 4.88 Å². The molecule has 2 heteroatoms. The minimum Gasteiger partial charge on any atom is -0.388 e. The Morgan fingerprint density at radius 2 is 2.29 bits per heavy atom. The summed E-state index contributed by atoms with van der Waals surface area (Å²) in [6.07, 6.45) is 2.23. The van der Waals surface area contributed by atoms with Gasteiger partial charge in [-0.3, -0.25) is 0 Å². The molecule has 0 aliphatic rings. The van der Waals surface area contributed by atoms with Crippen LogP contribution in [0.4, 0.5) is 0 Å². The highest BCUT2D eigenvalue weighted by Crippen LogP contribution is 2.26. The van der Waals surface area contributed by atoms with Gasteiger partial charge in [-0.2, -0.15) is 0 Å². The van der Waals surface area contributed by atoms with Gasteiger partial charge in [0.2, 0.25) is 0 Å². The SMILES string of the molecule is CC#CCCC(O)c1ccc(CC)s1. The Morgan fingerprint density at radius 1 is 1.50 bits per heavy atom. The molecule has 1 heterocycles. The summed E-state index contributed by atoms with van der Waals surface area (Å²) in [5.74, 6) is 5.80. The first-order valence-electron chi connectivity index (χ1n) is 4.94. The van der Waals surface area contributed by atoms with Crippen molar-refractivity contribution in [1.82, 2.24) is 0 Å². The molecule has 1 nitrogen and oxygen atoms in total. The van der Waals surface area contributed by atoms with Crippen LogP contribution in [0.15, 0.2) is 12.1 Å². The molecule has 0 spiro atoms. The van der Waals surface area contributed by atoms with E-state index in [0.717, 1.165) is 24.1 Å². The average molecular weight is 208 g/mol. The highest BCUT2D eigenvalue weighted by atomic mass is 32.1. The molecule has 1 atom stereocenters. The summed E-state index contributed by atoms with van der Waals surface area (Å²) in [6, 6.07) is 4.11. The van der Waals surface area contributed by atoms with Gasteiger partial charge in [0.05, 0.1) is 6.10 Å². The first-order valence-corrected chi connectivity index (χ1v) is 5.75. The van der Waals surface area contributed by atoms with Gasteiger partial charge in [-0.15, -0.1) is 23.2 Å². The molecule has 76 valence electrons. The smallest absolute Gasteiger partial charge is 0.0891 e. The zero-order valence-electron chi connectivity index (χ0n) is 8.71. The Bertz CT molecular complexity index is 330. The summed E-state index contributed by atoms with van der Waals surface area (Å²) in [6.45, 7) is 3.96. The minimum absolute atomic E-state index is 0.332. The second-order valence-corrected chi connectivity index (χ2v) is 4.34. The first kappa shape index (κ1) is 11.3. The van der Waals surface area contributed by atoms with Crippen molar-refractivity contribution in [3.05, 3.63) is 21.9 Å². The monoisotopic (exact) mass is 208 g/mol. The predicted octanol–water partition coefficient (Wildman–Crippen LogP) is 3.15. The molecule has 0 aliphatic heterocycles. The van der Waals surface area contributed by atoms with Crippen molar-refractivity contribution in [3.63, 3.8) is 0 Å². The molecule has 0 amide bonds. The van der Waals surface area contributed by atoms with Crippen LogP contribution in [0.3, 0.4) is 0 Å². The van der Waals surface area contributed by atoms with Gasteiger partial charge in [0.15, 0.2) is 0 Å². The fourth-order valence-corrected chi connectivity index (χ4v) is 2.21. The summed E-state index contributed by atoms with van der Waals surface area (Å²) in [5.41, 5.74) is 0. The maximum atomic E-state index is 9.80. The van der Waals surface area contributed by atoms with Gasteiger partial charge >= 0.3 is 0 Å². The summed E-state index contributed by atoms with van der Waals surface area (Å²) < 4.78 is 0. The molecule has 0 saturated carbocycles. The van der Waals surface area contributed by atoms with Crippen LogP contribution in [0.2, 0.25) is 0 Å². The van der Waals surface area contributed by atoms with E-state index in [1.54, 1.807) is 11.3 Å². The number of thiophene rings is 1. The number of aryl methyl sites for hydroxylation is 1. The van der Waals surface area contributed by atoms with Gasteiger partial charge in [-0.25, -0.2) is 0 Å². The van der Waals surface area contributed by atoms with Crippen LogP contribution in [0, 0.1) is 11.8 Å². The fourth-order valence-electron chi connectivity index (χ4n) is 1.24. The Kier molecular flexibility index (Phi) is 4.72. The minimum atomic E-state index is -0.332. The highest BCUT2D eigenvalue weighted by molar-refractivity contribution is 7.12. The van der Waals surface area contributed by atoms with Crippen molar-refractivity contribution in [1.29, 1.82) is 0 Å². The molecular formula is C12H16OS. The standard InChI is InChI=1S/C12H16OS/c1-3-5-6-7-11(13)12-9-8-10(4-2)14-12/h8-9,11,13H,4,6-7H2,1-2H3. The molecule has 1 N–H and O–H groups in total. The number of hydrogen-bond acceptors (Lipinski definition) is 2. The van der Waals surface area contributed by atoms with Crippen LogP contribution in [0.1, 0.15) is 42.5 Å². The van der Waals surface area contributed by atoms with Crippen LogP contribution >= 0.6 is 11.3 Å². The maximum Gasteiger partial charge on any atom is 0.0891 e. The quantitative estimate of drug-likeness (QED) is 0.754. The Labute approximate surface area is 89.8 Å². The van der Waals surface area contributed by atoms with Crippen molar-refractivity contribution in [3.8, 4) is 11.8 Å². The van der Waals surface area contributed by atoms with E-state index < -0.39 is 0 Å². The van der Waals surface area contributed by atoms with Crippen LogP contribution in [-0.2, 0) is 6.42 Å². The fraction of sp³-hybridized carbons (Fsp3) is 0.500. The summed E-state index contributed by atoms with van der Waals surface area (Å²) in [5, 5.41) is 9.80. The van der Waals surface area contributed by atoms with Crippen molar-refractivity contribution >= 4 is 11.3 Å². The maximum absolute atomic E-state index is 9.80. The Morgan fingerprint density at radius 3 is 2.86 bits per heavy atom. The third-order valence-corrected chi connectivity index (χ3v) is 3.41. The van der Waals surface area contributed by atoms with E-state index in [1.807, 2.05) is 13.0 Å². The second-order valence-electron chi connectivity index (χ2n) is 3.14. The van der Waals surface area contributed by atoms with Gasteiger partial charge in [-0.05, 0) is 31.9 Å².